The monoisotopic (exact) mass is 275 g/mol. The Balaban J connectivity index is 3.34. The van der Waals surface area contributed by atoms with E-state index >= 15 is 0 Å². The van der Waals surface area contributed by atoms with Gasteiger partial charge in [0.2, 0.25) is 0 Å². The van der Waals surface area contributed by atoms with Crippen LogP contribution < -0.4 is 0 Å². The fraction of sp³-hybridized carbons (Fsp3) is 0.182. The fourth-order valence-corrected chi connectivity index (χ4v) is 2.71. The number of nitriles is 1. The number of hydrogen-bond donors (Lipinski definition) is 0. The summed E-state index contributed by atoms with van der Waals surface area (Å²) in [6.07, 6.45) is -4.43. The summed E-state index contributed by atoms with van der Waals surface area (Å²) in [4.78, 5) is 0. The van der Waals surface area contributed by atoms with Gasteiger partial charge in [0.05, 0.1) is 6.07 Å². The Bertz CT molecular complexity index is 571. The summed E-state index contributed by atoms with van der Waals surface area (Å²) in [5.41, 5.74) is -0.382. The van der Waals surface area contributed by atoms with Crippen molar-refractivity contribution in [1.82, 2.24) is 0 Å². The first-order chi connectivity index (χ1) is 8.29. The maximum absolute atomic E-state index is 12.8. The third kappa shape index (κ3) is 3.34. The molecule has 0 saturated carbocycles. The molecule has 3 nitrogen and oxygen atoms in total. The third-order valence-corrected chi connectivity index (χ3v) is 3.77. The van der Waals surface area contributed by atoms with Crippen LogP contribution in [0.2, 0.25) is 0 Å². The van der Waals surface area contributed by atoms with E-state index < -0.39 is 21.3 Å². The molecule has 0 N–H and O–H groups in total. The van der Waals surface area contributed by atoms with Gasteiger partial charge in [-0.3, -0.25) is 0 Å². The third-order valence-electron chi connectivity index (χ3n) is 2.06. The molecule has 0 radical (unpaired) electrons. The van der Waals surface area contributed by atoms with E-state index in [9.17, 15) is 21.6 Å². The number of alkyl halides is 3. The maximum atomic E-state index is 12.8. The van der Waals surface area contributed by atoms with E-state index in [4.69, 9.17) is 5.26 Å². The molecule has 1 aromatic carbocycles. The smallest absolute Gasteiger partial charge is 0.223 e. The van der Waals surface area contributed by atoms with E-state index in [2.05, 4.69) is 0 Å². The van der Waals surface area contributed by atoms with E-state index in [1.54, 1.807) is 0 Å². The van der Waals surface area contributed by atoms with Crippen LogP contribution in [-0.2, 0) is 9.84 Å². The molecule has 96 valence electrons. The van der Waals surface area contributed by atoms with Crippen molar-refractivity contribution in [3.05, 3.63) is 47.4 Å². The van der Waals surface area contributed by atoms with Crippen LogP contribution in [0.3, 0.4) is 0 Å². The van der Waals surface area contributed by atoms with Crippen molar-refractivity contribution in [3.8, 4) is 6.07 Å². The highest BCUT2D eigenvalue weighted by Crippen LogP contribution is 2.39. The molecule has 1 rings (SSSR count). The molecule has 0 spiro atoms. The zero-order chi connectivity index (χ0) is 13.8. The first-order valence-corrected chi connectivity index (χ1v) is 6.31. The summed E-state index contributed by atoms with van der Waals surface area (Å²) in [6.45, 7) is 0. The number of allylic oxidation sites excluding steroid dienone is 1. The van der Waals surface area contributed by atoms with Gasteiger partial charge in [-0.05, 0) is 5.56 Å². The molecule has 0 aliphatic rings. The molecule has 18 heavy (non-hydrogen) atoms. The van der Waals surface area contributed by atoms with E-state index in [1.165, 1.54) is 24.3 Å². The molecule has 1 atom stereocenters. The van der Waals surface area contributed by atoms with Crippen molar-refractivity contribution < 1.29 is 21.6 Å². The van der Waals surface area contributed by atoms with Crippen molar-refractivity contribution >= 4 is 9.84 Å². The molecule has 0 amide bonds. The number of nitrogens with zero attached hydrogens (tertiary/aromatic N) is 1. The van der Waals surface area contributed by atoms with E-state index in [1.807, 2.05) is 0 Å². The minimum Gasteiger partial charge on any atom is -0.223 e. The van der Waals surface area contributed by atoms with Crippen LogP contribution in [-0.4, -0.2) is 14.6 Å². The highest BCUT2D eigenvalue weighted by molar-refractivity contribution is 7.94. The summed E-state index contributed by atoms with van der Waals surface area (Å²) in [6, 6.07) is 7.63. The minimum absolute atomic E-state index is 0.276. The van der Waals surface area contributed by atoms with Crippen LogP contribution in [0.5, 0.6) is 0 Å². The largest absolute Gasteiger partial charge is 0.409 e. The van der Waals surface area contributed by atoms with Crippen LogP contribution in [0, 0.1) is 11.3 Å². The van der Waals surface area contributed by atoms with Gasteiger partial charge in [0.25, 0.3) is 0 Å². The lowest BCUT2D eigenvalue weighted by Gasteiger charge is -2.18. The molecule has 0 fully saturated rings. The van der Waals surface area contributed by atoms with E-state index in [0.717, 1.165) is 12.1 Å². The lowest BCUT2D eigenvalue weighted by Crippen LogP contribution is -2.27. The van der Waals surface area contributed by atoms with Gasteiger partial charge in [-0.1, -0.05) is 30.3 Å². The van der Waals surface area contributed by atoms with Crippen molar-refractivity contribution in [2.24, 2.45) is 0 Å². The summed E-state index contributed by atoms with van der Waals surface area (Å²) >= 11 is 0. The van der Waals surface area contributed by atoms with Gasteiger partial charge in [0.1, 0.15) is 0 Å². The lowest BCUT2D eigenvalue weighted by molar-refractivity contribution is -0.131. The molecule has 0 heterocycles. The second-order valence-corrected chi connectivity index (χ2v) is 5.27. The summed E-state index contributed by atoms with van der Waals surface area (Å²) in [5, 5.41) is 5.82. The standard InChI is InChI=1S/C11H8F3NO2S/c12-11(13,14)10(9-5-2-1-3-6-9)18(16,17)8-4-7-15/h1-6,8,10H. The Morgan fingerprint density at radius 2 is 1.78 bits per heavy atom. The van der Waals surface area contributed by atoms with Crippen LogP contribution in [0.4, 0.5) is 13.2 Å². The molecule has 0 aliphatic carbocycles. The highest BCUT2D eigenvalue weighted by Gasteiger charge is 2.48. The number of benzene rings is 1. The molecule has 0 aliphatic heterocycles. The second kappa shape index (κ2) is 5.23. The van der Waals surface area contributed by atoms with Crippen LogP contribution in [0.25, 0.3) is 0 Å². The fourth-order valence-electron chi connectivity index (χ4n) is 1.40. The zero-order valence-electron chi connectivity index (χ0n) is 8.92. The summed E-state index contributed by atoms with van der Waals surface area (Å²) in [5.74, 6) is 0. The van der Waals surface area contributed by atoms with Crippen LogP contribution in [0.1, 0.15) is 10.8 Å². The lowest BCUT2D eigenvalue weighted by atomic mass is 10.1. The molecular formula is C11H8F3NO2S. The number of sulfone groups is 1. The topological polar surface area (TPSA) is 57.9 Å². The van der Waals surface area contributed by atoms with Gasteiger partial charge in [-0.15, -0.1) is 0 Å². The number of rotatable bonds is 3. The van der Waals surface area contributed by atoms with Crippen molar-refractivity contribution in [2.75, 3.05) is 0 Å². The van der Waals surface area contributed by atoms with Crippen molar-refractivity contribution in [3.63, 3.8) is 0 Å². The van der Waals surface area contributed by atoms with Gasteiger partial charge in [0, 0.05) is 11.5 Å². The Morgan fingerprint density at radius 3 is 2.22 bits per heavy atom. The predicted octanol–water partition coefficient (Wildman–Crippen LogP) is 2.74. The van der Waals surface area contributed by atoms with Crippen LogP contribution >= 0.6 is 0 Å². The predicted molar refractivity (Wildman–Crippen MR) is 58.9 cm³/mol. The van der Waals surface area contributed by atoms with Crippen LogP contribution in [0.15, 0.2) is 41.8 Å². The van der Waals surface area contributed by atoms with E-state index in [0.29, 0.717) is 6.08 Å². The van der Waals surface area contributed by atoms with Gasteiger partial charge in [0.15, 0.2) is 15.1 Å². The Labute approximate surface area is 102 Å². The molecule has 1 aromatic rings. The maximum Gasteiger partial charge on any atom is 0.409 e. The van der Waals surface area contributed by atoms with Gasteiger partial charge < -0.3 is 0 Å². The number of halogens is 3. The van der Waals surface area contributed by atoms with Gasteiger partial charge in [-0.2, -0.15) is 18.4 Å². The average Bonchev–Trinajstić information content (AvgIpc) is 2.25. The average molecular weight is 275 g/mol. The van der Waals surface area contributed by atoms with E-state index in [-0.39, 0.29) is 11.0 Å². The quantitative estimate of drug-likeness (QED) is 0.797. The first-order valence-electron chi connectivity index (χ1n) is 4.71. The summed E-state index contributed by atoms with van der Waals surface area (Å²) < 4.78 is 61.7. The molecule has 7 heteroatoms. The molecule has 0 saturated heterocycles. The first kappa shape index (κ1) is 14.3. The molecule has 1 unspecified atom stereocenters. The Hall–Kier alpha value is -1.81. The normalized spacial score (nSPS) is 14.3. The molecule has 0 aromatic heterocycles. The molecule has 0 bridgehead atoms. The van der Waals surface area contributed by atoms with Crippen molar-refractivity contribution in [1.29, 1.82) is 5.26 Å². The van der Waals surface area contributed by atoms with Crippen molar-refractivity contribution in [2.45, 2.75) is 11.4 Å². The summed E-state index contributed by atoms with van der Waals surface area (Å²) in [7, 11) is -4.62. The highest BCUT2D eigenvalue weighted by atomic mass is 32.2. The zero-order valence-corrected chi connectivity index (χ0v) is 9.74. The minimum atomic E-state index is -4.94. The van der Waals surface area contributed by atoms with Gasteiger partial charge >= 0.3 is 6.18 Å². The Morgan fingerprint density at radius 1 is 1.22 bits per heavy atom. The SMILES string of the molecule is N#CC=CS(=O)(=O)C(c1ccccc1)C(F)(F)F. The number of hydrogen-bond acceptors (Lipinski definition) is 3. The second-order valence-electron chi connectivity index (χ2n) is 3.35. The Kier molecular flexibility index (Phi) is 4.14. The molecular weight excluding hydrogens is 267 g/mol. The van der Waals surface area contributed by atoms with Gasteiger partial charge in [-0.25, -0.2) is 8.42 Å².